The van der Waals surface area contributed by atoms with Crippen molar-refractivity contribution in [2.75, 3.05) is 26.2 Å². The number of piperidine rings is 1. The molecule has 0 radical (unpaired) electrons. The second-order valence-corrected chi connectivity index (χ2v) is 5.15. The van der Waals surface area contributed by atoms with E-state index in [0.717, 1.165) is 6.54 Å². The number of rotatable bonds is 5. The van der Waals surface area contributed by atoms with Crippen LogP contribution in [0.15, 0.2) is 12.3 Å². The third-order valence-electron chi connectivity index (χ3n) is 3.38. The molecule has 100 valence electrons. The van der Waals surface area contributed by atoms with Crippen molar-refractivity contribution in [2.45, 2.75) is 26.2 Å². The van der Waals surface area contributed by atoms with Crippen LogP contribution in [0.2, 0.25) is 0 Å². The lowest BCUT2D eigenvalue weighted by molar-refractivity contribution is 0.0937. The SMILES string of the molecule is CC(CNC(=O)c1ccn[nH]1)CN1CCCCC1. The predicted octanol–water partition coefficient (Wildman–Crippen LogP) is 1.26. The van der Waals surface area contributed by atoms with Gasteiger partial charge in [0.25, 0.3) is 5.91 Å². The monoisotopic (exact) mass is 250 g/mol. The second kappa shape index (κ2) is 6.54. The van der Waals surface area contributed by atoms with E-state index in [9.17, 15) is 4.79 Å². The molecule has 1 atom stereocenters. The van der Waals surface area contributed by atoms with Crippen LogP contribution in [0.25, 0.3) is 0 Å². The number of H-pyrrole nitrogens is 1. The summed E-state index contributed by atoms with van der Waals surface area (Å²) in [5.74, 6) is 0.410. The molecule has 2 rings (SSSR count). The molecular formula is C13H22N4O. The molecule has 18 heavy (non-hydrogen) atoms. The van der Waals surface area contributed by atoms with Crippen molar-refractivity contribution < 1.29 is 4.79 Å². The maximum atomic E-state index is 11.7. The highest BCUT2D eigenvalue weighted by Gasteiger charge is 2.14. The van der Waals surface area contributed by atoms with Crippen molar-refractivity contribution in [1.82, 2.24) is 20.4 Å². The highest BCUT2D eigenvalue weighted by Crippen LogP contribution is 2.10. The van der Waals surface area contributed by atoms with Gasteiger partial charge < -0.3 is 10.2 Å². The molecule has 0 spiro atoms. The molecule has 0 aromatic carbocycles. The van der Waals surface area contributed by atoms with Crippen LogP contribution in [0.4, 0.5) is 0 Å². The van der Waals surface area contributed by atoms with Gasteiger partial charge in [-0.1, -0.05) is 13.3 Å². The van der Waals surface area contributed by atoms with Gasteiger partial charge in [0.15, 0.2) is 0 Å². The van der Waals surface area contributed by atoms with Crippen molar-refractivity contribution in [3.63, 3.8) is 0 Å². The van der Waals surface area contributed by atoms with E-state index in [4.69, 9.17) is 0 Å². The minimum Gasteiger partial charge on any atom is -0.350 e. The molecule has 2 N–H and O–H groups in total. The Morgan fingerprint density at radius 3 is 2.94 bits per heavy atom. The van der Waals surface area contributed by atoms with Gasteiger partial charge in [-0.15, -0.1) is 0 Å². The molecule has 1 aromatic heterocycles. The summed E-state index contributed by atoms with van der Waals surface area (Å²) in [5.41, 5.74) is 0.528. The fourth-order valence-electron chi connectivity index (χ4n) is 2.39. The van der Waals surface area contributed by atoms with Crippen LogP contribution in [0.3, 0.4) is 0 Å². The minimum atomic E-state index is -0.0713. The van der Waals surface area contributed by atoms with Crippen molar-refractivity contribution in [2.24, 2.45) is 5.92 Å². The van der Waals surface area contributed by atoms with Crippen LogP contribution in [-0.4, -0.2) is 47.2 Å². The molecule has 5 heteroatoms. The Morgan fingerprint density at radius 2 is 2.28 bits per heavy atom. The average molecular weight is 250 g/mol. The first kappa shape index (κ1) is 13.1. The first-order chi connectivity index (χ1) is 8.75. The maximum absolute atomic E-state index is 11.7. The quantitative estimate of drug-likeness (QED) is 0.827. The van der Waals surface area contributed by atoms with Gasteiger partial charge in [0.1, 0.15) is 5.69 Å². The molecule has 5 nitrogen and oxygen atoms in total. The molecule has 0 saturated carbocycles. The Morgan fingerprint density at radius 1 is 1.50 bits per heavy atom. The van der Waals surface area contributed by atoms with Gasteiger partial charge in [-0.3, -0.25) is 9.89 Å². The Hall–Kier alpha value is -1.36. The molecule has 0 bridgehead atoms. The fourth-order valence-corrected chi connectivity index (χ4v) is 2.39. The van der Waals surface area contributed by atoms with E-state index in [-0.39, 0.29) is 5.91 Å². The highest BCUT2D eigenvalue weighted by molar-refractivity contribution is 5.92. The van der Waals surface area contributed by atoms with Gasteiger partial charge in [-0.2, -0.15) is 5.10 Å². The van der Waals surface area contributed by atoms with Crippen LogP contribution >= 0.6 is 0 Å². The Kier molecular flexibility index (Phi) is 4.75. The van der Waals surface area contributed by atoms with Crippen molar-refractivity contribution in [3.8, 4) is 0 Å². The smallest absolute Gasteiger partial charge is 0.269 e. The molecule has 0 aliphatic carbocycles. The van der Waals surface area contributed by atoms with Gasteiger partial charge >= 0.3 is 0 Å². The van der Waals surface area contributed by atoms with Gasteiger partial charge in [0.05, 0.1) is 0 Å². The number of aromatic nitrogens is 2. The summed E-state index contributed by atoms with van der Waals surface area (Å²) in [7, 11) is 0. The van der Waals surface area contributed by atoms with E-state index >= 15 is 0 Å². The molecule has 1 aromatic rings. The first-order valence-corrected chi connectivity index (χ1v) is 6.75. The molecule has 1 saturated heterocycles. The van der Waals surface area contributed by atoms with E-state index in [1.165, 1.54) is 32.4 Å². The van der Waals surface area contributed by atoms with Crippen LogP contribution < -0.4 is 5.32 Å². The lowest BCUT2D eigenvalue weighted by Gasteiger charge is -2.29. The van der Waals surface area contributed by atoms with E-state index in [0.29, 0.717) is 18.2 Å². The topological polar surface area (TPSA) is 61.0 Å². The summed E-state index contributed by atoms with van der Waals surface area (Å²) in [6, 6.07) is 1.69. The Balaban J connectivity index is 1.68. The number of hydrogen-bond acceptors (Lipinski definition) is 3. The third kappa shape index (κ3) is 3.84. The zero-order chi connectivity index (χ0) is 12.8. The number of carbonyl (C=O) groups excluding carboxylic acids is 1. The van der Waals surface area contributed by atoms with Gasteiger partial charge in [-0.05, 0) is 37.9 Å². The summed E-state index contributed by atoms with van der Waals surface area (Å²) >= 11 is 0. The standard InChI is InChI=1S/C13H22N4O/c1-11(10-17-7-3-2-4-8-17)9-14-13(18)12-5-6-15-16-12/h5-6,11H,2-4,7-10H2,1H3,(H,14,18)(H,15,16). The number of likely N-dealkylation sites (tertiary alicyclic amines) is 1. The zero-order valence-electron chi connectivity index (χ0n) is 11.0. The van der Waals surface area contributed by atoms with E-state index in [2.05, 4.69) is 27.3 Å². The summed E-state index contributed by atoms with van der Waals surface area (Å²) in [6.45, 7) is 6.39. The number of aromatic amines is 1. The van der Waals surface area contributed by atoms with Crippen molar-refractivity contribution in [3.05, 3.63) is 18.0 Å². The minimum absolute atomic E-state index is 0.0713. The summed E-state index contributed by atoms with van der Waals surface area (Å²) in [4.78, 5) is 14.2. The maximum Gasteiger partial charge on any atom is 0.269 e. The van der Waals surface area contributed by atoms with Gasteiger partial charge in [-0.25, -0.2) is 0 Å². The molecule has 1 unspecified atom stereocenters. The average Bonchev–Trinajstić information content (AvgIpc) is 2.91. The van der Waals surface area contributed by atoms with E-state index < -0.39 is 0 Å². The van der Waals surface area contributed by atoms with Gasteiger partial charge in [0, 0.05) is 19.3 Å². The number of nitrogens with one attached hydrogen (secondary N) is 2. The first-order valence-electron chi connectivity index (χ1n) is 6.75. The van der Waals surface area contributed by atoms with Crippen LogP contribution in [0.1, 0.15) is 36.7 Å². The van der Waals surface area contributed by atoms with Crippen LogP contribution in [0.5, 0.6) is 0 Å². The predicted molar refractivity (Wildman–Crippen MR) is 70.4 cm³/mol. The Bertz CT molecular complexity index is 357. The van der Waals surface area contributed by atoms with E-state index in [1.54, 1.807) is 12.3 Å². The van der Waals surface area contributed by atoms with Crippen molar-refractivity contribution in [1.29, 1.82) is 0 Å². The third-order valence-corrected chi connectivity index (χ3v) is 3.38. The largest absolute Gasteiger partial charge is 0.350 e. The summed E-state index contributed by atoms with van der Waals surface area (Å²) in [6.07, 6.45) is 5.58. The summed E-state index contributed by atoms with van der Waals surface area (Å²) < 4.78 is 0. The lowest BCUT2D eigenvalue weighted by Crippen LogP contribution is -2.38. The second-order valence-electron chi connectivity index (χ2n) is 5.15. The summed E-state index contributed by atoms with van der Waals surface area (Å²) in [5, 5.41) is 9.38. The molecule has 1 amide bonds. The number of hydrogen-bond donors (Lipinski definition) is 2. The van der Waals surface area contributed by atoms with Gasteiger partial charge in [0.2, 0.25) is 0 Å². The lowest BCUT2D eigenvalue weighted by atomic mass is 10.1. The molecule has 2 heterocycles. The molecule has 1 fully saturated rings. The highest BCUT2D eigenvalue weighted by atomic mass is 16.1. The molecule has 1 aliphatic rings. The number of carbonyl (C=O) groups is 1. The normalized spacial score (nSPS) is 18.5. The number of amides is 1. The van der Waals surface area contributed by atoms with Crippen molar-refractivity contribution >= 4 is 5.91 Å². The fraction of sp³-hybridized carbons (Fsp3) is 0.692. The van der Waals surface area contributed by atoms with E-state index in [1.807, 2.05) is 0 Å². The zero-order valence-corrected chi connectivity index (χ0v) is 11.0. The number of nitrogens with zero attached hydrogens (tertiary/aromatic N) is 2. The van der Waals surface area contributed by atoms with Crippen LogP contribution in [-0.2, 0) is 0 Å². The molecular weight excluding hydrogens is 228 g/mol. The molecule has 1 aliphatic heterocycles. The Labute approximate surface area is 108 Å². The van der Waals surface area contributed by atoms with Crippen LogP contribution in [0, 0.1) is 5.92 Å².